The maximum absolute atomic E-state index is 4.56. The molecule has 10 heavy (non-hydrogen) atoms. The predicted octanol–water partition coefficient (Wildman–Crippen LogP) is -5.84. The van der Waals surface area contributed by atoms with Gasteiger partial charge in [0.15, 0.2) is 0 Å². The van der Waals surface area contributed by atoms with Crippen LogP contribution in [0.5, 0.6) is 0 Å². The van der Waals surface area contributed by atoms with Crippen LogP contribution in [0.1, 0.15) is 0 Å². The first-order valence-electron chi connectivity index (χ1n) is 0.218. The Kier molecular flexibility index (Phi) is 18700. The molecule has 0 aromatic carbocycles. The second-order valence-corrected chi connectivity index (χ2v) is 0. The van der Waals surface area contributed by atoms with Crippen LogP contribution in [0.15, 0.2) is 0 Å². The van der Waals surface area contributed by atoms with Gasteiger partial charge in [-0.15, -0.1) is 0 Å². The van der Waals surface area contributed by atoms with E-state index in [0.29, 0.717) is 0 Å². The van der Waals surface area contributed by atoms with E-state index < -0.39 is 0 Å². The molecule has 0 aliphatic carbocycles. The van der Waals surface area contributed by atoms with Crippen molar-refractivity contribution in [1.82, 2.24) is 0 Å². The first kappa shape index (κ1) is 261. The molecule has 0 atom stereocenters. The van der Waals surface area contributed by atoms with Crippen molar-refractivity contribution in [2.45, 2.75) is 0 Å². The predicted molar refractivity (Wildman–Crippen MR) is 42.7 cm³/mol. The summed E-state index contributed by atoms with van der Waals surface area (Å²) >= 11 is 1.89. The number of halogens is 1. The number of hydrogen-bond donors (Lipinski definition) is 0. The Morgan fingerprint density at radius 2 is 0.500 bits per heavy atom. The fourth-order valence-corrected chi connectivity index (χ4v) is 0. The largest absolute Gasteiger partial charge is 0.412 e. The van der Waals surface area contributed by atoms with E-state index in [4.69, 9.17) is 0 Å². The van der Waals surface area contributed by atoms with Crippen molar-refractivity contribution in [1.29, 1.82) is 0 Å². The fourth-order valence-electron chi connectivity index (χ4n) is 0. The SMILES string of the molecule is O.O.O.O.O.O.O.[Al].[Al][Cl]. The molecule has 10 heteroatoms. The van der Waals surface area contributed by atoms with Crippen LogP contribution in [-0.2, 0) is 0 Å². The van der Waals surface area contributed by atoms with Gasteiger partial charge in [-0.3, -0.25) is 10.0 Å². The van der Waals surface area contributed by atoms with E-state index >= 15 is 0 Å². The van der Waals surface area contributed by atoms with E-state index in [1.165, 1.54) is 0 Å². The molecule has 0 saturated carbocycles. The van der Waals surface area contributed by atoms with Gasteiger partial charge in [-0.1, -0.05) is 0 Å². The Morgan fingerprint density at radius 3 is 0.500 bits per heavy atom. The molecule has 0 aliphatic rings. The Bertz CT molecular complexity index is 11.6. The summed E-state index contributed by atoms with van der Waals surface area (Å²) in [6, 6.07) is 0. The average Bonchev–Trinajstić information content (AvgIpc) is 1.00. The third-order valence-electron chi connectivity index (χ3n) is 0. The van der Waals surface area contributed by atoms with E-state index in [0.717, 1.165) is 0 Å². The summed E-state index contributed by atoms with van der Waals surface area (Å²) in [7, 11) is 4.56. The van der Waals surface area contributed by atoms with Crippen LogP contribution in [-0.4, -0.2) is 71.1 Å². The minimum absolute atomic E-state index is 0. The first-order chi connectivity index (χ1) is 1.00. The topological polar surface area (TPSA) is 220 Å². The van der Waals surface area contributed by atoms with Crippen LogP contribution in [0.3, 0.4) is 0 Å². The molecule has 0 amide bonds. The molecule has 5 radical (unpaired) electrons. The highest BCUT2D eigenvalue weighted by molar-refractivity contribution is 6.80. The quantitative estimate of drug-likeness (QED) is 0.344. The molecule has 0 aliphatic heterocycles. The van der Waals surface area contributed by atoms with Crippen molar-refractivity contribution < 1.29 is 38.3 Å². The summed E-state index contributed by atoms with van der Waals surface area (Å²) in [5, 5.41) is 0. The van der Waals surface area contributed by atoms with Gasteiger partial charge in [-0.2, -0.15) is 0 Å². The van der Waals surface area contributed by atoms with Crippen LogP contribution in [0.4, 0.5) is 0 Å². The second kappa shape index (κ2) is 718. The summed E-state index contributed by atoms with van der Waals surface area (Å²) < 4.78 is 0. The van der Waals surface area contributed by atoms with Crippen molar-refractivity contribution in [3.05, 3.63) is 0 Å². The smallest absolute Gasteiger partial charge is 0.293 e. The normalized spacial score (nSPS) is 0.500. The maximum Gasteiger partial charge on any atom is 0.293 e. The van der Waals surface area contributed by atoms with Crippen molar-refractivity contribution in [2.75, 3.05) is 0 Å². The van der Waals surface area contributed by atoms with Gasteiger partial charge in [0.25, 0.3) is 15.4 Å². The summed E-state index contributed by atoms with van der Waals surface area (Å²) in [6.45, 7) is 0. The van der Waals surface area contributed by atoms with Gasteiger partial charge in [0.05, 0.1) is 0 Å². The van der Waals surface area contributed by atoms with Gasteiger partial charge in [-0.05, 0) is 0 Å². The molecule has 0 unspecified atom stereocenters. The van der Waals surface area contributed by atoms with Gasteiger partial charge in [0, 0.05) is 17.4 Å². The summed E-state index contributed by atoms with van der Waals surface area (Å²) in [4.78, 5) is 0. The van der Waals surface area contributed by atoms with Gasteiger partial charge < -0.3 is 38.3 Å². The van der Waals surface area contributed by atoms with E-state index in [2.05, 4.69) is 10.0 Å². The third-order valence-corrected chi connectivity index (χ3v) is 0. The molecule has 0 aromatic rings. The van der Waals surface area contributed by atoms with Crippen LogP contribution in [0, 0.1) is 0 Å². The third kappa shape index (κ3) is 512. The van der Waals surface area contributed by atoms with Crippen LogP contribution < -0.4 is 0 Å². The van der Waals surface area contributed by atoms with Crippen molar-refractivity contribution in [2.24, 2.45) is 0 Å². The minimum atomic E-state index is 0. The maximum atomic E-state index is 4.56. The average molecular weight is 216 g/mol. The Labute approximate surface area is 81.3 Å². The highest BCUT2D eigenvalue weighted by Crippen LogP contribution is 1.29. The lowest BCUT2D eigenvalue weighted by molar-refractivity contribution is 0.823. The molecule has 0 aromatic heterocycles. The minimum Gasteiger partial charge on any atom is -0.412 e. The number of hydrogen-bond acceptors (Lipinski definition) is 0. The lowest BCUT2D eigenvalue weighted by atomic mass is 16.0. The van der Waals surface area contributed by atoms with Gasteiger partial charge >= 0.3 is 0 Å². The van der Waals surface area contributed by atoms with Crippen molar-refractivity contribution >= 4 is 42.8 Å². The molecular weight excluding hydrogens is 201 g/mol. The highest BCUT2D eigenvalue weighted by Gasteiger charge is 1.04. The zero-order valence-corrected chi connectivity index (χ0v) is 8.10. The molecular formula is H14Al2ClO7. The molecule has 0 fully saturated rings. The van der Waals surface area contributed by atoms with Crippen LogP contribution in [0.2, 0.25) is 0 Å². The van der Waals surface area contributed by atoms with Gasteiger partial charge in [-0.25, -0.2) is 0 Å². The van der Waals surface area contributed by atoms with E-state index in [9.17, 15) is 0 Å². The molecule has 69 valence electrons. The number of rotatable bonds is 0. The van der Waals surface area contributed by atoms with Gasteiger partial charge in [0.2, 0.25) is 0 Å². The summed E-state index contributed by atoms with van der Waals surface area (Å²) in [6.07, 6.45) is 0. The second-order valence-electron chi connectivity index (χ2n) is 0. The van der Waals surface area contributed by atoms with Gasteiger partial charge in [0.1, 0.15) is 0 Å². The zero-order valence-electron chi connectivity index (χ0n) is 5.03. The van der Waals surface area contributed by atoms with Crippen LogP contribution >= 0.6 is 10.0 Å². The Balaban J connectivity index is -0.000000000179. The van der Waals surface area contributed by atoms with Crippen molar-refractivity contribution in [3.8, 4) is 0 Å². The monoisotopic (exact) mass is 215 g/mol. The first-order valence-corrected chi connectivity index (χ1v) is 1.96. The molecule has 0 heterocycles. The summed E-state index contributed by atoms with van der Waals surface area (Å²) in [5.74, 6) is 0. The van der Waals surface area contributed by atoms with E-state index in [-0.39, 0.29) is 55.7 Å². The molecule has 0 saturated heterocycles. The van der Waals surface area contributed by atoms with Crippen LogP contribution in [0.25, 0.3) is 0 Å². The Morgan fingerprint density at radius 1 is 0.500 bits per heavy atom. The zero-order chi connectivity index (χ0) is 2.00. The molecule has 7 nitrogen and oxygen atoms in total. The Hall–Kier alpha value is 1.07. The highest BCUT2D eigenvalue weighted by atomic mass is 35.6. The molecule has 0 spiro atoms. The van der Waals surface area contributed by atoms with E-state index in [1.807, 2.05) is 15.4 Å². The fraction of sp³-hybridized carbons (Fsp3) is 0. The summed E-state index contributed by atoms with van der Waals surface area (Å²) in [5.41, 5.74) is 0. The lowest BCUT2D eigenvalue weighted by Gasteiger charge is -1.04. The molecule has 14 N–H and O–H groups in total. The molecule has 0 bridgehead atoms. The van der Waals surface area contributed by atoms with Crippen molar-refractivity contribution in [3.63, 3.8) is 0 Å². The van der Waals surface area contributed by atoms with E-state index in [1.54, 1.807) is 0 Å². The lowest BCUT2D eigenvalue weighted by Crippen LogP contribution is -0.980. The standard InChI is InChI=1S/2Al.ClH.7H2O/h;;1H;7*1H2/q;+1;;;;;;;;/p-1. The molecule has 0 rings (SSSR count).